The Morgan fingerprint density at radius 2 is 1.84 bits per heavy atom. The summed E-state index contributed by atoms with van der Waals surface area (Å²) < 4.78 is 4.88. The monoisotopic (exact) mass is 436 g/mol. The van der Waals surface area contributed by atoms with Gasteiger partial charge < -0.3 is 15.2 Å². The molecule has 1 saturated carbocycles. The van der Waals surface area contributed by atoms with Gasteiger partial charge in [-0.05, 0) is 56.6 Å². The van der Waals surface area contributed by atoms with Crippen molar-refractivity contribution < 1.29 is 4.79 Å². The predicted octanol–water partition coefficient (Wildman–Crippen LogP) is 5.19. The lowest BCUT2D eigenvalue weighted by atomic mass is 9.81. The largest absolute Gasteiger partial charge is 0.383 e. The van der Waals surface area contributed by atoms with Gasteiger partial charge in [-0.2, -0.15) is 0 Å². The number of fused-ring (bicyclic) bond motifs is 5. The molecule has 0 unspecified atom stereocenters. The fourth-order valence-corrected chi connectivity index (χ4v) is 5.18. The predicted molar refractivity (Wildman–Crippen MR) is 133 cm³/mol. The third kappa shape index (κ3) is 4.19. The van der Waals surface area contributed by atoms with Crippen molar-refractivity contribution >= 4 is 35.3 Å². The van der Waals surface area contributed by atoms with Crippen LogP contribution in [0.2, 0.25) is 0 Å². The lowest BCUT2D eigenvalue weighted by Gasteiger charge is -2.23. The fraction of sp³-hybridized carbons (Fsp3) is 0.400. The first kappa shape index (κ1) is 21.8. The van der Waals surface area contributed by atoms with Crippen molar-refractivity contribution in [1.29, 1.82) is 0 Å². The molecule has 1 aromatic heterocycles. The zero-order valence-corrected chi connectivity index (χ0v) is 19.3. The summed E-state index contributed by atoms with van der Waals surface area (Å²) in [4.78, 5) is 12.2. The second kappa shape index (κ2) is 9.79. The number of benzene rings is 2. The van der Waals surface area contributed by atoms with Crippen molar-refractivity contribution in [2.24, 2.45) is 0 Å². The highest BCUT2D eigenvalue weighted by molar-refractivity contribution is 7.78. The highest BCUT2D eigenvalue weighted by Crippen LogP contribution is 2.46. The van der Waals surface area contributed by atoms with Crippen molar-refractivity contribution in [3.8, 4) is 11.3 Å². The normalized spacial score (nSPS) is 15.7. The van der Waals surface area contributed by atoms with Crippen LogP contribution in [0, 0.1) is 0 Å². The molecule has 1 amide bonds. The van der Waals surface area contributed by atoms with Crippen molar-refractivity contribution in [1.82, 2.24) is 14.6 Å². The summed E-state index contributed by atoms with van der Waals surface area (Å²) in [5.41, 5.74) is 7.10. The van der Waals surface area contributed by atoms with Gasteiger partial charge in [0, 0.05) is 40.8 Å². The van der Waals surface area contributed by atoms with Gasteiger partial charge in [-0.15, -0.1) is 0 Å². The Morgan fingerprint density at radius 3 is 2.58 bits per heavy atom. The number of amides is 1. The number of nitrogens with one attached hydrogen (secondary N) is 3. The molecule has 2 aliphatic rings. The van der Waals surface area contributed by atoms with E-state index in [9.17, 15) is 4.79 Å². The average molecular weight is 437 g/mol. The molecule has 0 atom stereocenters. The van der Waals surface area contributed by atoms with Crippen molar-refractivity contribution in [2.45, 2.75) is 44.6 Å². The molecule has 3 N–H and O–H groups in total. The number of nitrogens with zero attached hydrogens (tertiary/aromatic N) is 1. The molecular formula is C25H32N4OS. The third-order valence-corrected chi connectivity index (χ3v) is 6.52. The van der Waals surface area contributed by atoms with E-state index in [1.165, 1.54) is 60.0 Å². The van der Waals surface area contributed by atoms with Crippen molar-refractivity contribution in [3.63, 3.8) is 0 Å². The Balaban J connectivity index is 0.000000730. The number of rotatable bonds is 2. The molecule has 0 radical (unpaired) electrons. The Hall–Kier alpha value is -2.44. The number of para-hydroxylation sites is 1. The molecule has 0 spiro atoms. The zero-order chi connectivity index (χ0) is 21.8. The minimum Gasteiger partial charge on any atom is -0.383 e. The third-order valence-electron chi connectivity index (χ3n) is 6.31. The molecule has 31 heavy (non-hydrogen) atoms. The van der Waals surface area contributed by atoms with Crippen molar-refractivity contribution in [3.05, 3.63) is 53.6 Å². The van der Waals surface area contributed by atoms with Crippen molar-refractivity contribution in [2.75, 3.05) is 26.0 Å². The van der Waals surface area contributed by atoms with E-state index < -0.39 is 0 Å². The molecular weight excluding hydrogens is 404 g/mol. The molecule has 1 fully saturated rings. The summed E-state index contributed by atoms with van der Waals surface area (Å²) in [5.74, 6) is 0.426. The number of hydrogen-bond donors (Lipinski definition) is 4. The lowest BCUT2D eigenvalue weighted by molar-refractivity contribution is 0.0985. The summed E-state index contributed by atoms with van der Waals surface area (Å²) in [5, 5.41) is 7.64. The Bertz CT molecular complexity index is 1070. The van der Waals surface area contributed by atoms with E-state index in [1.807, 2.05) is 26.2 Å². The number of anilines is 1. The minimum absolute atomic E-state index is 0.160. The van der Waals surface area contributed by atoms with Gasteiger partial charge in [-0.1, -0.05) is 56.3 Å². The van der Waals surface area contributed by atoms with Gasteiger partial charge in [-0.25, -0.2) is 0 Å². The molecule has 1 aliphatic heterocycles. The molecule has 3 aromatic rings. The molecule has 5 rings (SSSR count). The second-order valence-corrected chi connectivity index (χ2v) is 8.62. The molecule has 6 heteroatoms. The Kier molecular flexibility index (Phi) is 6.88. The number of hydrogen-bond acceptors (Lipinski definition) is 4. The quantitative estimate of drug-likeness (QED) is 0.418. The SMILES string of the molecule is CNC.O=C(NS)c1ccc2c(C3CCCCC3)c3n(c2c1)CCNc1ccccc1-3. The second-order valence-electron chi connectivity index (χ2n) is 8.39. The number of aromatic nitrogens is 1. The summed E-state index contributed by atoms with van der Waals surface area (Å²) >= 11 is 3.95. The van der Waals surface area contributed by atoms with Gasteiger partial charge >= 0.3 is 0 Å². The number of thiol groups is 1. The summed E-state index contributed by atoms with van der Waals surface area (Å²) in [7, 11) is 3.75. The maximum Gasteiger partial charge on any atom is 0.260 e. The van der Waals surface area contributed by atoms with E-state index in [2.05, 4.69) is 63.1 Å². The van der Waals surface area contributed by atoms with Gasteiger partial charge in [0.2, 0.25) is 0 Å². The first-order chi connectivity index (χ1) is 15.2. The molecule has 2 heterocycles. The number of carbonyl (C=O) groups is 1. The fourth-order valence-electron chi connectivity index (χ4n) is 5.06. The highest BCUT2D eigenvalue weighted by Gasteiger charge is 2.28. The highest BCUT2D eigenvalue weighted by atomic mass is 32.1. The first-order valence-corrected chi connectivity index (χ1v) is 11.7. The maximum absolute atomic E-state index is 12.2. The van der Waals surface area contributed by atoms with Crippen LogP contribution in [-0.4, -0.2) is 31.1 Å². The summed E-state index contributed by atoms with van der Waals surface area (Å²) in [6.07, 6.45) is 6.45. The van der Waals surface area contributed by atoms with E-state index in [-0.39, 0.29) is 5.91 Å². The van der Waals surface area contributed by atoms with E-state index in [1.54, 1.807) is 0 Å². The molecule has 164 valence electrons. The summed E-state index contributed by atoms with van der Waals surface area (Å²) in [6.45, 7) is 1.76. The topological polar surface area (TPSA) is 58.1 Å². The minimum atomic E-state index is -0.160. The molecule has 0 bridgehead atoms. The van der Waals surface area contributed by atoms with Crippen LogP contribution < -0.4 is 15.4 Å². The molecule has 2 aromatic carbocycles. The lowest BCUT2D eigenvalue weighted by Crippen LogP contribution is -2.12. The molecule has 0 saturated heterocycles. The van der Waals surface area contributed by atoms with Gasteiger partial charge in [0.25, 0.3) is 5.91 Å². The maximum atomic E-state index is 12.2. The van der Waals surface area contributed by atoms with Crippen LogP contribution in [0.5, 0.6) is 0 Å². The molecule has 1 aliphatic carbocycles. The standard InChI is InChI=1S/C23H25N3OS.C2H7N/c27-23(25-28)16-10-11-18-20(14-16)26-13-12-24-19-9-5-4-8-17(19)22(26)21(18)15-6-2-1-3-7-15;1-3-2/h4-5,8-11,14-15,24,28H,1-3,6-7,12-13H2,(H,25,27);3H,1-2H3. The average Bonchev–Trinajstić information content (AvgIpc) is 3.00. The smallest absolute Gasteiger partial charge is 0.260 e. The van der Waals surface area contributed by atoms with Crippen LogP contribution >= 0.6 is 12.8 Å². The van der Waals surface area contributed by atoms with Crippen LogP contribution in [0.1, 0.15) is 53.9 Å². The number of carbonyl (C=O) groups excluding carboxylic acids is 1. The zero-order valence-electron chi connectivity index (χ0n) is 18.4. The van der Waals surface area contributed by atoms with Gasteiger partial charge in [-0.3, -0.25) is 9.52 Å². The van der Waals surface area contributed by atoms with Gasteiger partial charge in [0.15, 0.2) is 0 Å². The Labute approximate surface area is 190 Å². The first-order valence-electron chi connectivity index (χ1n) is 11.2. The van der Waals surface area contributed by atoms with E-state index in [4.69, 9.17) is 0 Å². The van der Waals surface area contributed by atoms with Gasteiger partial charge in [0.05, 0.1) is 5.69 Å². The van der Waals surface area contributed by atoms with Crippen LogP contribution in [0.4, 0.5) is 5.69 Å². The van der Waals surface area contributed by atoms with E-state index in [0.717, 1.165) is 18.6 Å². The van der Waals surface area contributed by atoms with Crippen LogP contribution in [0.3, 0.4) is 0 Å². The van der Waals surface area contributed by atoms with Gasteiger partial charge in [0.1, 0.15) is 0 Å². The van der Waals surface area contributed by atoms with Crippen LogP contribution in [0.25, 0.3) is 22.2 Å². The molecule has 5 nitrogen and oxygen atoms in total. The van der Waals surface area contributed by atoms with E-state index >= 15 is 0 Å². The van der Waals surface area contributed by atoms with Crippen LogP contribution in [0.15, 0.2) is 42.5 Å². The Morgan fingerprint density at radius 1 is 1.10 bits per heavy atom. The summed E-state index contributed by atoms with van der Waals surface area (Å²) in [6, 6.07) is 14.7. The van der Waals surface area contributed by atoms with E-state index in [0.29, 0.717) is 11.5 Å². The van der Waals surface area contributed by atoms with Crippen LogP contribution in [-0.2, 0) is 6.54 Å².